The minimum Gasteiger partial charge on any atom is -0.462 e. The Morgan fingerprint density at radius 1 is 1.04 bits per heavy atom. The third-order valence-electron chi connectivity index (χ3n) is 11.1. The van der Waals surface area contributed by atoms with Crippen molar-refractivity contribution in [2.45, 2.75) is 127 Å². The molecule has 13 nitrogen and oxygen atoms in total. The van der Waals surface area contributed by atoms with Crippen molar-refractivity contribution in [1.82, 2.24) is 9.80 Å². The molecule has 13 heteroatoms. The van der Waals surface area contributed by atoms with Gasteiger partial charge in [-0.2, -0.15) is 0 Å². The first-order chi connectivity index (χ1) is 26.8. The van der Waals surface area contributed by atoms with E-state index >= 15 is 0 Å². The molecule has 2 heterocycles. The van der Waals surface area contributed by atoms with Crippen molar-refractivity contribution in [2.24, 2.45) is 11.8 Å². The van der Waals surface area contributed by atoms with Gasteiger partial charge < -0.3 is 53.6 Å². The first-order valence-corrected chi connectivity index (χ1v) is 20.0. The number of carbonyl (C=O) groups is 3. The molecule has 0 radical (unpaired) electrons. The van der Waals surface area contributed by atoms with Crippen molar-refractivity contribution in [3.8, 4) is 0 Å². The molecule has 0 spiro atoms. The number of rotatable bonds is 11. The monoisotopic (exact) mass is 784 g/mol. The van der Waals surface area contributed by atoms with Crippen LogP contribution in [0.2, 0.25) is 0 Å². The van der Waals surface area contributed by atoms with Crippen molar-refractivity contribution < 1.29 is 53.4 Å². The van der Waals surface area contributed by atoms with Crippen LogP contribution in [0.4, 0.5) is 0 Å². The number of nitrogens with zero attached hydrogens (tertiary/aromatic N) is 2. The number of fused-ring (bicyclic) bond motifs is 1. The molecule has 0 amide bonds. The molecule has 4 rings (SSSR count). The van der Waals surface area contributed by atoms with E-state index in [9.17, 15) is 29.7 Å². The maximum absolute atomic E-state index is 13.9. The van der Waals surface area contributed by atoms with Crippen LogP contribution in [0.25, 0.3) is 16.8 Å². The summed E-state index contributed by atoms with van der Waals surface area (Å²) in [6.07, 6.45) is -2.71. The number of ether oxygens (including phenoxy) is 5. The molecule has 312 valence electrons. The van der Waals surface area contributed by atoms with E-state index in [4.69, 9.17) is 23.7 Å². The summed E-state index contributed by atoms with van der Waals surface area (Å²) in [5, 5.41) is 36.1. The largest absolute Gasteiger partial charge is 0.462 e. The number of carbonyl (C=O) groups excluding carboxylic acids is 3. The molecule has 0 aromatic heterocycles. The second kappa shape index (κ2) is 22.0. The van der Waals surface area contributed by atoms with Crippen LogP contribution in [0.15, 0.2) is 48.5 Å². The fourth-order valence-corrected chi connectivity index (χ4v) is 7.92. The van der Waals surface area contributed by atoms with Crippen LogP contribution in [0.5, 0.6) is 0 Å². The Hall–Kier alpha value is -3.27. The number of aliphatic hydroxyl groups excluding tert-OH is 3. The normalized spacial score (nSPS) is 33.4. The van der Waals surface area contributed by atoms with E-state index in [0.29, 0.717) is 38.8 Å². The summed E-state index contributed by atoms with van der Waals surface area (Å²) in [4.78, 5) is 42.8. The van der Waals surface area contributed by atoms with Gasteiger partial charge in [0.1, 0.15) is 30.7 Å². The lowest BCUT2D eigenvalue weighted by molar-refractivity contribution is -0.310. The van der Waals surface area contributed by atoms with E-state index in [1.54, 1.807) is 32.8 Å². The number of cyclic esters (lactones) is 1. The van der Waals surface area contributed by atoms with E-state index in [2.05, 4.69) is 24.3 Å². The van der Waals surface area contributed by atoms with Gasteiger partial charge in [0.15, 0.2) is 6.29 Å². The first kappa shape index (κ1) is 45.4. The molecular weight excluding hydrogens is 720 g/mol. The first-order valence-electron chi connectivity index (χ1n) is 20.0. The lowest BCUT2D eigenvalue weighted by Gasteiger charge is -2.47. The fraction of sp³-hybridized carbons (Fsp3) is 0.651. The quantitative estimate of drug-likeness (QED) is 0.222. The summed E-state index contributed by atoms with van der Waals surface area (Å²) in [5.74, 6) is -2.13. The molecule has 0 aliphatic carbocycles. The molecule has 2 fully saturated rings. The summed E-state index contributed by atoms with van der Waals surface area (Å²) in [6, 6.07) is 13.6. The van der Waals surface area contributed by atoms with Gasteiger partial charge in [-0.25, -0.2) is 0 Å². The number of aldehydes is 1. The zero-order chi connectivity index (χ0) is 40.9. The van der Waals surface area contributed by atoms with Gasteiger partial charge >= 0.3 is 11.9 Å². The standard InChI is InChI=1S/C43H64N2O11/c1-8-36(48)55-35-25-37(49)54-33(16-11-13-29-18-19-30-14-9-10-15-31(30)24-29)17-12-21-45(6)26-34(47)27(2)23-32(20-22-46)41(42(35)52-7)56-43-40(51)38(44(4)5)39(50)28(3)53-43/h9-11,13-15,18-19,22,24,27-28,32-35,38-43,47,50-51H,8,12,16-17,20-21,23,25-26H2,1-7H3/b13-11+/t27-,28?,32+,33+,34+,35-,38?,39+,40?,41+,42+,43+/m1/s1. The van der Waals surface area contributed by atoms with Gasteiger partial charge in [-0.05, 0) is 88.1 Å². The molecule has 2 saturated heterocycles. The van der Waals surface area contributed by atoms with E-state index < -0.39 is 79.0 Å². The zero-order valence-corrected chi connectivity index (χ0v) is 34.1. The maximum Gasteiger partial charge on any atom is 0.309 e. The molecule has 2 aromatic rings. The molecule has 2 aromatic carbocycles. The van der Waals surface area contributed by atoms with Gasteiger partial charge in [0, 0.05) is 32.9 Å². The fourth-order valence-electron chi connectivity index (χ4n) is 7.92. The maximum atomic E-state index is 13.9. The molecule has 3 N–H and O–H groups in total. The van der Waals surface area contributed by atoms with Gasteiger partial charge in [0.2, 0.25) is 0 Å². The summed E-state index contributed by atoms with van der Waals surface area (Å²) in [5.41, 5.74) is 1.02. The Kier molecular flexibility index (Phi) is 17.9. The van der Waals surface area contributed by atoms with Crippen LogP contribution in [0.1, 0.15) is 71.3 Å². The number of hydrogen-bond acceptors (Lipinski definition) is 13. The number of aliphatic hydroxyl groups is 3. The molecule has 2 aliphatic heterocycles. The smallest absolute Gasteiger partial charge is 0.309 e. The highest BCUT2D eigenvalue weighted by Crippen LogP contribution is 2.34. The Bertz CT molecular complexity index is 1570. The third-order valence-corrected chi connectivity index (χ3v) is 11.1. The van der Waals surface area contributed by atoms with Crippen molar-refractivity contribution in [2.75, 3.05) is 41.3 Å². The summed E-state index contributed by atoms with van der Waals surface area (Å²) >= 11 is 0. The minimum atomic E-state index is -1.33. The summed E-state index contributed by atoms with van der Waals surface area (Å²) in [7, 11) is 6.78. The summed E-state index contributed by atoms with van der Waals surface area (Å²) < 4.78 is 30.7. The Balaban J connectivity index is 1.69. The predicted molar refractivity (Wildman–Crippen MR) is 212 cm³/mol. The Labute approximate surface area is 331 Å². The van der Waals surface area contributed by atoms with E-state index in [-0.39, 0.29) is 25.2 Å². The average molecular weight is 785 g/mol. The van der Waals surface area contributed by atoms with Crippen LogP contribution >= 0.6 is 0 Å². The molecule has 0 saturated carbocycles. The van der Waals surface area contributed by atoms with E-state index in [0.717, 1.165) is 22.6 Å². The number of benzene rings is 2. The van der Waals surface area contributed by atoms with Gasteiger partial charge in [-0.1, -0.05) is 62.4 Å². The molecule has 2 aliphatic rings. The lowest BCUT2D eigenvalue weighted by Crippen LogP contribution is -2.63. The Morgan fingerprint density at radius 2 is 1.77 bits per heavy atom. The number of β-amino-alcohol motifs (C(OH)–C–C–N with tert-alkyl or cyclic N) is 1. The van der Waals surface area contributed by atoms with E-state index in [1.807, 2.05) is 49.2 Å². The van der Waals surface area contributed by atoms with Crippen LogP contribution in [0.3, 0.4) is 0 Å². The van der Waals surface area contributed by atoms with Crippen LogP contribution in [-0.4, -0.2) is 146 Å². The second-order valence-electron chi connectivity index (χ2n) is 15.7. The SMILES string of the molecule is CCC(=O)O[C@@H]1CC(=O)O[C@@H](C/C=C/c2ccc3ccccc3c2)CCCN(C)C[C@H](O)[C@H](C)C[C@H](CC=O)[C@H](O[C@@H]2OC(C)[C@H](O)C(N(C)C)C2O)[C@H]1OC. The van der Waals surface area contributed by atoms with Crippen molar-refractivity contribution in [1.29, 1.82) is 0 Å². The minimum absolute atomic E-state index is 0.0224. The highest BCUT2D eigenvalue weighted by atomic mass is 16.7. The molecule has 0 bridgehead atoms. The van der Waals surface area contributed by atoms with Gasteiger partial charge in [0.05, 0.1) is 36.9 Å². The van der Waals surface area contributed by atoms with Crippen LogP contribution in [0, 0.1) is 11.8 Å². The Morgan fingerprint density at radius 3 is 2.45 bits per heavy atom. The van der Waals surface area contributed by atoms with Gasteiger partial charge in [0.25, 0.3) is 0 Å². The van der Waals surface area contributed by atoms with E-state index in [1.165, 1.54) is 7.11 Å². The highest BCUT2D eigenvalue weighted by Gasteiger charge is 2.48. The van der Waals surface area contributed by atoms with Gasteiger partial charge in [-0.3, -0.25) is 9.59 Å². The number of esters is 2. The third kappa shape index (κ3) is 12.6. The molecule has 12 atom stereocenters. The summed E-state index contributed by atoms with van der Waals surface area (Å²) in [6.45, 7) is 6.21. The topological polar surface area (TPSA) is 165 Å². The number of likely N-dealkylation sites (N-methyl/N-ethyl adjacent to an activating group) is 2. The van der Waals surface area contributed by atoms with Gasteiger partial charge in [-0.15, -0.1) is 0 Å². The van der Waals surface area contributed by atoms with Crippen molar-refractivity contribution >= 4 is 35.1 Å². The van der Waals surface area contributed by atoms with Crippen LogP contribution < -0.4 is 0 Å². The van der Waals surface area contributed by atoms with Crippen LogP contribution in [-0.2, 0) is 38.1 Å². The lowest BCUT2D eigenvalue weighted by atomic mass is 9.82. The zero-order valence-electron chi connectivity index (χ0n) is 34.1. The molecule has 56 heavy (non-hydrogen) atoms. The predicted octanol–water partition coefficient (Wildman–Crippen LogP) is 3.98. The second-order valence-corrected chi connectivity index (χ2v) is 15.7. The number of hydrogen-bond donors (Lipinski definition) is 3. The molecule has 3 unspecified atom stereocenters. The number of methoxy groups -OCH3 is 1. The van der Waals surface area contributed by atoms with Crippen molar-refractivity contribution in [3.63, 3.8) is 0 Å². The average Bonchev–Trinajstić information content (AvgIpc) is 3.15. The van der Waals surface area contributed by atoms with Crippen molar-refractivity contribution in [3.05, 3.63) is 54.1 Å². The highest BCUT2D eigenvalue weighted by molar-refractivity contribution is 5.84. The molecular formula is C43H64N2O11.